The SMILES string of the molecule is Cc1nccn1CCSc1cc(Cl)ccc1N. The van der Waals surface area contributed by atoms with Crippen LogP contribution in [-0.2, 0) is 6.54 Å². The lowest BCUT2D eigenvalue weighted by atomic mass is 10.3. The Labute approximate surface area is 110 Å². The van der Waals surface area contributed by atoms with Crippen LogP contribution in [0.15, 0.2) is 35.5 Å². The summed E-state index contributed by atoms with van der Waals surface area (Å²) in [6, 6.07) is 5.55. The van der Waals surface area contributed by atoms with Crippen molar-refractivity contribution in [2.24, 2.45) is 0 Å². The van der Waals surface area contributed by atoms with Crippen LogP contribution in [0.1, 0.15) is 5.82 Å². The average molecular weight is 268 g/mol. The molecule has 2 N–H and O–H groups in total. The van der Waals surface area contributed by atoms with Gasteiger partial charge in [-0.25, -0.2) is 4.98 Å². The smallest absolute Gasteiger partial charge is 0.105 e. The van der Waals surface area contributed by atoms with Crippen molar-refractivity contribution >= 4 is 29.1 Å². The Morgan fingerprint density at radius 1 is 1.47 bits per heavy atom. The Kier molecular flexibility index (Phi) is 3.97. The van der Waals surface area contributed by atoms with Crippen molar-refractivity contribution in [1.29, 1.82) is 0 Å². The van der Waals surface area contributed by atoms with E-state index < -0.39 is 0 Å². The second kappa shape index (κ2) is 5.47. The molecule has 0 atom stereocenters. The van der Waals surface area contributed by atoms with Gasteiger partial charge < -0.3 is 10.3 Å². The van der Waals surface area contributed by atoms with E-state index >= 15 is 0 Å². The van der Waals surface area contributed by atoms with E-state index in [0.717, 1.165) is 33.7 Å². The van der Waals surface area contributed by atoms with Gasteiger partial charge in [-0.1, -0.05) is 11.6 Å². The van der Waals surface area contributed by atoms with E-state index in [0.29, 0.717) is 0 Å². The monoisotopic (exact) mass is 267 g/mol. The Balaban J connectivity index is 1.94. The first-order valence-corrected chi connectivity index (χ1v) is 6.69. The number of nitrogen functional groups attached to an aromatic ring is 1. The molecular formula is C12H14ClN3S. The van der Waals surface area contributed by atoms with Crippen LogP contribution in [-0.4, -0.2) is 15.3 Å². The van der Waals surface area contributed by atoms with Crippen molar-refractivity contribution < 1.29 is 0 Å². The van der Waals surface area contributed by atoms with Crippen molar-refractivity contribution in [3.05, 3.63) is 41.4 Å². The molecule has 0 aliphatic rings. The molecule has 5 heteroatoms. The first-order chi connectivity index (χ1) is 8.16. The first kappa shape index (κ1) is 12.3. The maximum atomic E-state index is 5.94. The summed E-state index contributed by atoms with van der Waals surface area (Å²) in [6.45, 7) is 2.92. The number of anilines is 1. The molecule has 0 fully saturated rings. The van der Waals surface area contributed by atoms with Crippen molar-refractivity contribution in [2.45, 2.75) is 18.4 Å². The van der Waals surface area contributed by atoms with E-state index in [-0.39, 0.29) is 0 Å². The molecule has 2 rings (SSSR count). The van der Waals surface area contributed by atoms with Gasteiger partial charge in [-0.2, -0.15) is 0 Å². The van der Waals surface area contributed by atoms with E-state index in [1.807, 2.05) is 31.5 Å². The zero-order valence-corrected chi connectivity index (χ0v) is 11.1. The van der Waals surface area contributed by atoms with E-state index in [4.69, 9.17) is 17.3 Å². The summed E-state index contributed by atoms with van der Waals surface area (Å²) in [5, 5.41) is 0.723. The molecular weight excluding hydrogens is 254 g/mol. The van der Waals surface area contributed by atoms with Gasteiger partial charge >= 0.3 is 0 Å². The van der Waals surface area contributed by atoms with Gasteiger partial charge in [-0.05, 0) is 25.1 Å². The van der Waals surface area contributed by atoms with E-state index in [2.05, 4.69) is 9.55 Å². The normalized spacial score (nSPS) is 10.7. The molecule has 2 aromatic rings. The fourth-order valence-corrected chi connectivity index (χ4v) is 2.72. The number of benzene rings is 1. The molecule has 0 saturated carbocycles. The Bertz CT molecular complexity index is 510. The fourth-order valence-electron chi connectivity index (χ4n) is 1.53. The van der Waals surface area contributed by atoms with Gasteiger partial charge in [0.05, 0.1) is 0 Å². The van der Waals surface area contributed by atoms with Gasteiger partial charge in [0, 0.05) is 40.3 Å². The highest BCUT2D eigenvalue weighted by molar-refractivity contribution is 7.99. The molecule has 0 aliphatic heterocycles. The summed E-state index contributed by atoms with van der Waals surface area (Å²) in [6.07, 6.45) is 3.80. The van der Waals surface area contributed by atoms with Crippen LogP contribution in [0.25, 0.3) is 0 Å². The zero-order chi connectivity index (χ0) is 12.3. The molecule has 0 unspecified atom stereocenters. The van der Waals surface area contributed by atoms with Gasteiger partial charge in [-0.15, -0.1) is 11.8 Å². The Hall–Kier alpha value is -1.13. The number of rotatable bonds is 4. The molecule has 17 heavy (non-hydrogen) atoms. The summed E-state index contributed by atoms with van der Waals surface area (Å²) in [4.78, 5) is 5.22. The largest absolute Gasteiger partial charge is 0.398 e. The molecule has 0 amide bonds. The van der Waals surface area contributed by atoms with E-state index in [1.54, 1.807) is 17.8 Å². The number of nitrogens with zero attached hydrogens (tertiary/aromatic N) is 2. The average Bonchev–Trinajstić information content (AvgIpc) is 2.70. The van der Waals surface area contributed by atoms with Gasteiger partial charge in [0.2, 0.25) is 0 Å². The second-order valence-electron chi connectivity index (χ2n) is 3.70. The first-order valence-electron chi connectivity index (χ1n) is 5.32. The molecule has 0 bridgehead atoms. The standard InChI is InChI=1S/C12H14ClN3S/c1-9-15-4-5-16(9)6-7-17-12-8-10(13)2-3-11(12)14/h2-5,8H,6-7,14H2,1H3. The number of hydrogen-bond acceptors (Lipinski definition) is 3. The lowest BCUT2D eigenvalue weighted by Gasteiger charge is -2.07. The van der Waals surface area contributed by atoms with Crippen molar-refractivity contribution in [3.8, 4) is 0 Å². The maximum absolute atomic E-state index is 5.94. The summed E-state index contributed by atoms with van der Waals surface area (Å²) in [7, 11) is 0. The fraction of sp³-hybridized carbons (Fsp3) is 0.250. The quantitative estimate of drug-likeness (QED) is 0.683. The van der Waals surface area contributed by atoms with Crippen molar-refractivity contribution in [1.82, 2.24) is 9.55 Å². The summed E-state index contributed by atoms with van der Waals surface area (Å²) < 4.78 is 2.12. The minimum Gasteiger partial charge on any atom is -0.398 e. The number of hydrogen-bond donors (Lipinski definition) is 1. The second-order valence-corrected chi connectivity index (χ2v) is 5.27. The van der Waals surface area contributed by atoms with Gasteiger partial charge in [0.1, 0.15) is 5.82 Å². The molecule has 0 radical (unpaired) electrons. The van der Waals surface area contributed by atoms with Crippen LogP contribution < -0.4 is 5.73 Å². The van der Waals surface area contributed by atoms with Crippen molar-refractivity contribution in [2.75, 3.05) is 11.5 Å². The Morgan fingerprint density at radius 2 is 2.29 bits per heavy atom. The minimum absolute atomic E-state index is 0.723. The van der Waals surface area contributed by atoms with Crippen LogP contribution in [0.2, 0.25) is 5.02 Å². The molecule has 0 aliphatic carbocycles. The van der Waals surface area contributed by atoms with Crippen LogP contribution in [0, 0.1) is 6.92 Å². The third kappa shape index (κ3) is 3.17. The topological polar surface area (TPSA) is 43.8 Å². The molecule has 1 aromatic carbocycles. The number of halogens is 1. The molecule has 1 aromatic heterocycles. The maximum Gasteiger partial charge on any atom is 0.105 e. The minimum atomic E-state index is 0.723. The predicted octanol–water partition coefficient (Wildman–Crippen LogP) is 3.22. The lowest BCUT2D eigenvalue weighted by Crippen LogP contribution is -2.01. The molecule has 0 spiro atoms. The van der Waals surface area contributed by atoms with Gasteiger partial charge in [0.15, 0.2) is 0 Å². The van der Waals surface area contributed by atoms with Crippen LogP contribution in [0.5, 0.6) is 0 Å². The lowest BCUT2D eigenvalue weighted by molar-refractivity contribution is 0.738. The highest BCUT2D eigenvalue weighted by Gasteiger charge is 2.02. The van der Waals surface area contributed by atoms with Crippen molar-refractivity contribution in [3.63, 3.8) is 0 Å². The van der Waals surface area contributed by atoms with Crippen LogP contribution >= 0.6 is 23.4 Å². The highest BCUT2D eigenvalue weighted by Crippen LogP contribution is 2.28. The highest BCUT2D eigenvalue weighted by atomic mass is 35.5. The molecule has 0 saturated heterocycles. The van der Waals surface area contributed by atoms with Crippen LogP contribution in [0.4, 0.5) is 5.69 Å². The number of aryl methyl sites for hydroxylation is 2. The molecule has 3 nitrogen and oxygen atoms in total. The molecule has 1 heterocycles. The third-order valence-corrected chi connectivity index (χ3v) is 3.78. The summed E-state index contributed by atoms with van der Waals surface area (Å²) in [5.74, 6) is 1.98. The zero-order valence-electron chi connectivity index (χ0n) is 9.56. The summed E-state index contributed by atoms with van der Waals surface area (Å²) >= 11 is 7.65. The number of aromatic nitrogens is 2. The Morgan fingerprint density at radius 3 is 3.00 bits per heavy atom. The predicted molar refractivity (Wildman–Crippen MR) is 73.6 cm³/mol. The van der Waals surface area contributed by atoms with Gasteiger partial charge in [0.25, 0.3) is 0 Å². The number of imidazole rings is 1. The van der Waals surface area contributed by atoms with E-state index in [9.17, 15) is 0 Å². The number of thioether (sulfide) groups is 1. The summed E-state index contributed by atoms with van der Waals surface area (Å²) in [5.41, 5.74) is 6.66. The van der Waals surface area contributed by atoms with Gasteiger partial charge in [-0.3, -0.25) is 0 Å². The van der Waals surface area contributed by atoms with Crippen LogP contribution in [0.3, 0.4) is 0 Å². The molecule has 90 valence electrons. The van der Waals surface area contributed by atoms with E-state index in [1.165, 1.54) is 0 Å². The third-order valence-electron chi connectivity index (χ3n) is 2.49. The number of nitrogens with two attached hydrogens (primary N) is 1.